The van der Waals surface area contributed by atoms with Crippen LogP contribution in [0.1, 0.15) is 33.8 Å². The molecule has 1 amide bonds. The number of nitrogens with one attached hydrogen (secondary N) is 1. The van der Waals surface area contributed by atoms with Crippen molar-refractivity contribution >= 4 is 46.4 Å². The van der Waals surface area contributed by atoms with Crippen LogP contribution in [0.4, 0.5) is 11.4 Å². The zero-order chi connectivity index (χ0) is 22.8. The largest absolute Gasteiger partial charge is 0.312 e. The highest BCUT2D eigenvalue weighted by Crippen LogP contribution is 2.34. The van der Waals surface area contributed by atoms with Crippen molar-refractivity contribution in [3.63, 3.8) is 0 Å². The second kappa shape index (κ2) is 9.73. The molecule has 6 nitrogen and oxygen atoms in total. The minimum atomic E-state index is -0.0179. The van der Waals surface area contributed by atoms with Crippen molar-refractivity contribution in [3.8, 4) is 10.6 Å². The van der Waals surface area contributed by atoms with E-state index in [1.807, 2.05) is 47.4 Å². The van der Waals surface area contributed by atoms with Crippen LogP contribution in [0, 0.1) is 5.41 Å². The molecular formula is C25H27ClN5OS+. The molecule has 33 heavy (non-hydrogen) atoms. The quantitative estimate of drug-likeness (QED) is 0.397. The van der Waals surface area contributed by atoms with E-state index in [0.717, 1.165) is 52.7 Å². The Morgan fingerprint density at radius 3 is 2.67 bits per heavy atom. The third kappa shape index (κ3) is 4.73. The van der Waals surface area contributed by atoms with E-state index < -0.39 is 0 Å². The van der Waals surface area contributed by atoms with E-state index in [-0.39, 0.29) is 5.91 Å². The lowest BCUT2D eigenvalue weighted by atomic mass is 10.1. The lowest BCUT2D eigenvalue weighted by Gasteiger charge is -2.26. The summed E-state index contributed by atoms with van der Waals surface area (Å²) in [7, 11) is 0. The number of amides is 1. The molecule has 1 aromatic heterocycles. The van der Waals surface area contributed by atoms with Crippen LogP contribution < -0.4 is 10.2 Å². The first-order chi connectivity index (χ1) is 16.1. The molecule has 0 bridgehead atoms. The van der Waals surface area contributed by atoms with Crippen molar-refractivity contribution in [2.75, 3.05) is 37.6 Å². The molecule has 3 aromatic rings. The fourth-order valence-electron chi connectivity index (χ4n) is 4.54. The summed E-state index contributed by atoms with van der Waals surface area (Å²) in [6.07, 6.45) is 4.70. The molecule has 1 fully saturated rings. The lowest BCUT2D eigenvalue weighted by Crippen LogP contribution is -2.80. The number of aromatic nitrogens is 1. The minimum Gasteiger partial charge on any atom is -0.312 e. The van der Waals surface area contributed by atoms with Crippen LogP contribution >= 0.6 is 22.9 Å². The number of hydrogen-bond acceptors (Lipinski definition) is 5. The van der Waals surface area contributed by atoms with E-state index in [9.17, 15) is 4.79 Å². The molecule has 3 heterocycles. The molecule has 3 N–H and O–H groups in total. The zero-order valence-electron chi connectivity index (χ0n) is 18.4. The van der Waals surface area contributed by atoms with Crippen molar-refractivity contribution in [3.05, 3.63) is 63.6 Å². The predicted molar refractivity (Wildman–Crippen MR) is 134 cm³/mol. The van der Waals surface area contributed by atoms with Crippen LogP contribution in [-0.2, 0) is 6.42 Å². The minimum absolute atomic E-state index is 0.0179. The first kappa shape index (κ1) is 22.2. The number of likely N-dealkylation sites (tertiary alicyclic amines) is 1. The van der Waals surface area contributed by atoms with Gasteiger partial charge < -0.3 is 15.6 Å². The van der Waals surface area contributed by atoms with Gasteiger partial charge in [-0.1, -0.05) is 23.7 Å². The summed E-state index contributed by atoms with van der Waals surface area (Å²) in [6, 6.07) is 13.5. The van der Waals surface area contributed by atoms with Crippen molar-refractivity contribution in [1.82, 2.24) is 9.88 Å². The normalized spacial score (nSPS) is 16.3. The lowest BCUT2D eigenvalue weighted by molar-refractivity contribution is -0.571. The highest BCUT2D eigenvalue weighted by atomic mass is 35.5. The summed E-state index contributed by atoms with van der Waals surface area (Å²) < 4.78 is 0. The molecule has 0 saturated carbocycles. The summed E-state index contributed by atoms with van der Waals surface area (Å²) in [5.74, 6) is -0.0179. The van der Waals surface area contributed by atoms with Crippen molar-refractivity contribution in [1.29, 1.82) is 5.41 Å². The van der Waals surface area contributed by atoms with Crippen LogP contribution in [0.15, 0.2) is 42.5 Å². The number of quaternary nitrogens is 1. The first-order valence-electron chi connectivity index (χ1n) is 11.4. The summed E-state index contributed by atoms with van der Waals surface area (Å²) in [6.45, 7) is 5.01. The number of hydrogen-bond donors (Lipinski definition) is 2. The van der Waals surface area contributed by atoms with Crippen LogP contribution in [0.3, 0.4) is 0 Å². The van der Waals surface area contributed by atoms with Gasteiger partial charge in [0.2, 0.25) is 0 Å². The fourth-order valence-corrected chi connectivity index (χ4v) is 5.73. The van der Waals surface area contributed by atoms with Crippen LogP contribution in [0.25, 0.3) is 10.6 Å². The molecule has 2 aromatic carbocycles. The van der Waals surface area contributed by atoms with Crippen molar-refractivity contribution in [2.45, 2.75) is 19.3 Å². The molecule has 2 aliphatic heterocycles. The number of nitrogens with zero attached hydrogens (tertiary/aromatic N) is 3. The highest BCUT2D eigenvalue weighted by molar-refractivity contribution is 7.17. The second-order valence-corrected chi connectivity index (χ2v) is 9.94. The summed E-state index contributed by atoms with van der Waals surface area (Å²) in [4.78, 5) is 23.1. The van der Waals surface area contributed by atoms with Gasteiger partial charge in [0.1, 0.15) is 15.6 Å². The van der Waals surface area contributed by atoms with Gasteiger partial charge in [0.25, 0.3) is 5.91 Å². The zero-order valence-corrected chi connectivity index (χ0v) is 20.0. The molecule has 0 unspecified atom stereocenters. The van der Waals surface area contributed by atoms with Crippen LogP contribution in [-0.4, -0.2) is 54.7 Å². The number of rotatable bonds is 7. The van der Waals surface area contributed by atoms with Gasteiger partial charge in [-0.15, -0.1) is 11.3 Å². The Hall–Kier alpha value is -2.58. The summed E-state index contributed by atoms with van der Waals surface area (Å²) >= 11 is 7.44. The monoisotopic (exact) mass is 480 g/mol. The molecule has 0 atom stereocenters. The molecule has 1 saturated heterocycles. The number of thiazole rings is 1. The second-order valence-electron chi connectivity index (χ2n) is 8.51. The molecular weight excluding hydrogens is 454 g/mol. The van der Waals surface area contributed by atoms with Gasteiger partial charge in [0, 0.05) is 48.1 Å². The van der Waals surface area contributed by atoms with E-state index >= 15 is 0 Å². The van der Waals surface area contributed by atoms with Gasteiger partial charge in [-0.2, -0.15) is 0 Å². The molecule has 0 spiro atoms. The van der Waals surface area contributed by atoms with Gasteiger partial charge in [0.15, 0.2) is 0 Å². The van der Waals surface area contributed by atoms with Crippen LogP contribution in [0.5, 0.6) is 0 Å². The molecule has 170 valence electrons. The molecule has 8 heteroatoms. The maximum atomic E-state index is 13.3. The third-order valence-corrected chi connectivity index (χ3v) is 7.73. The Kier molecular flexibility index (Phi) is 6.55. The number of fused-ring (bicyclic) bond motifs is 1. The van der Waals surface area contributed by atoms with E-state index in [0.29, 0.717) is 16.4 Å². The smallest absolute Gasteiger partial charge is 0.270 e. The Morgan fingerprint density at radius 1 is 1.12 bits per heavy atom. The average Bonchev–Trinajstić information content (AvgIpc) is 3.51. The number of anilines is 1. The number of halogens is 1. The number of benzene rings is 2. The number of nitrogens with two attached hydrogens (primary N) is 1. The Labute approximate surface area is 202 Å². The van der Waals surface area contributed by atoms with Crippen molar-refractivity contribution in [2.24, 2.45) is 0 Å². The van der Waals surface area contributed by atoms with Crippen molar-refractivity contribution < 1.29 is 10.1 Å². The molecule has 2 aliphatic rings. The summed E-state index contributed by atoms with van der Waals surface area (Å²) in [5, 5.41) is 11.6. The molecule has 0 radical (unpaired) electrons. The highest BCUT2D eigenvalue weighted by Gasteiger charge is 2.30. The third-order valence-electron chi connectivity index (χ3n) is 6.35. The predicted octanol–water partition coefficient (Wildman–Crippen LogP) is 3.95. The SMILES string of the molecule is N=Cc1cc(N2CCc3nc(-c4ccc(Cl)cc4)sc3C2=O)ccc1[NH2+]CCN1CCCC1. The van der Waals surface area contributed by atoms with Gasteiger partial charge in [-0.25, -0.2) is 4.98 Å². The van der Waals surface area contributed by atoms with E-state index in [4.69, 9.17) is 22.0 Å². The van der Waals surface area contributed by atoms with Gasteiger partial charge in [-0.05, 0) is 50.2 Å². The Morgan fingerprint density at radius 2 is 1.91 bits per heavy atom. The van der Waals surface area contributed by atoms with E-state index in [2.05, 4.69) is 10.2 Å². The topological polar surface area (TPSA) is 76.9 Å². The standard InChI is InChI=1S/C25H26ClN5OS/c26-19-5-3-17(4-6-19)24-29-22-9-13-31(25(32)23(22)33-24)20-7-8-21(18(15-20)16-27)28-10-14-30-11-1-2-12-30/h3-8,15-16,27-28H,1-2,9-14H2/p+1. The average molecular weight is 481 g/mol. The molecule has 5 rings (SSSR count). The Balaban J connectivity index is 1.32. The van der Waals surface area contributed by atoms with Crippen LogP contribution in [0.2, 0.25) is 5.02 Å². The fraction of sp³-hybridized carbons (Fsp3) is 0.320. The van der Waals surface area contributed by atoms with Gasteiger partial charge in [-0.3, -0.25) is 9.69 Å². The number of carbonyl (C=O) groups excluding carboxylic acids is 1. The van der Waals surface area contributed by atoms with E-state index in [1.165, 1.54) is 43.5 Å². The van der Waals surface area contributed by atoms with E-state index in [1.54, 1.807) is 0 Å². The Bertz CT molecular complexity index is 1170. The van der Waals surface area contributed by atoms with Gasteiger partial charge in [0.05, 0.1) is 17.8 Å². The maximum Gasteiger partial charge on any atom is 0.270 e. The first-order valence-corrected chi connectivity index (χ1v) is 12.6. The number of carbonyl (C=O) groups is 1. The molecule has 0 aliphatic carbocycles. The van der Waals surface area contributed by atoms with Gasteiger partial charge >= 0.3 is 0 Å². The summed E-state index contributed by atoms with van der Waals surface area (Å²) in [5.41, 5.74) is 4.57. The maximum absolute atomic E-state index is 13.3.